The number of nitriles is 1. The molecule has 148 valence electrons. The van der Waals surface area contributed by atoms with Crippen molar-refractivity contribution in [1.29, 1.82) is 5.26 Å². The zero-order chi connectivity index (χ0) is 21.5. The van der Waals surface area contributed by atoms with Crippen molar-refractivity contribution in [2.24, 2.45) is 0 Å². The van der Waals surface area contributed by atoms with Crippen molar-refractivity contribution in [3.63, 3.8) is 0 Å². The van der Waals surface area contributed by atoms with Crippen LogP contribution in [0.25, 0.3) is 11.6 Å². The van der Waals surface area contributed by atoms with Gasteiger partial charge in [-0.05, 0) is 58.7 Å². The number of carboxylic acid groups (broad SMARTS) is 1. The molecule has 0 saturated heterocycles. The molecule has 0 saturated carbocycles. The molecular formula is C23H15N2O5-. The Balaban J connectivity index is 1.70. The van der Waals surface area contributed by atoms with Crippen LogP contribution < -0.4 is 9.84 Å². The van der Waals surface area contributed by atoms with E-state index in [9.17, 15) is 25.3 Å². The van der Waals surface area contributed by atoms with Crippen LogP contribution in [0.3, 0.4) is 0 Å². The predicted molar refractivity (Wildman–Crippen MR) is 108 cm³/mol. The minimum Gasteiger partial charge on any atom is -0.545 e. The summed E-state index contributed by atoms with van der Waals surface area (Å²) >= 11 is 0. The normalized spacial score (nSPS) is 10.8. The van der Waals surface area contributed by atoms with E-state index in [1.807, 2.05) is 0 Å². The summed E-state index contributed by atoms with van der Waals surface area (Å²) in [5, 5.41) is 31.1. The minimum atomic E-state index is -1.24. The van der Waals surface area contributed by atoms with E-state index < -0.39 is 10.9 Å². The zero-order valence-corrected chi connectivity index (χ0v) is 15.6. The second-order valence-electron chi connectivity index (χ2n) is 6.32. The van der Waals surface area contributed by atoms with Crippen LogP contribution in [0, 0.1) is 21.4 Å². The highest BCUT2D eigenvalue weighted by Gasteiger charge is 2.07. The van der Waals surface area contributed by atoms with Crippen molar-refractivity contribution in [2.45, 2.75) is 6.61 Å². The number of benzene rings is 3. The van der Waals surface area contributed by atoms with E-state index in [1.54, 1.807) is 42.5 Å². The lowest BCUT2D eigenvalue weighted by Gasteiger charge is -2.09. The Morgan fingerprint density at radius 3 is 2.33 bits per heavy atom. The van der Waals surface area contributed by atoms with Gasteiger partial charge in [-0.2, -0.15) is 5.26 Å². The average Bonchev–Trinajstić information content (AvgIpc) is 2.77. The third-order valence-corrected chi connectivity index (χ3v) is 4.27. The number of ether oxygens (including phenoxy) is 1. The molecule has 3 rings (SSSR count). The number of carbonyl (C=O) groups is 1. The summed E-state index contributed by atoms with van der Waals surface area (Å²) in [6.45, 7) is 0.197. The number of nitro groups is 1. The molecule has 0 aromatic heterocycles. The van der Waals surface area contributed by atoms with Crippen LogP contribution in [0.5, 0.6) is 5.75 Å². The molecule has 0 heterocycles. The Kier molecular flexibility index (Phi) is 6.20. The Morgan fingerprint density at radius 2 is 1.73 bits per heavy atom. The molecule has 0 radical (unpaired) electrons. The van der Waals surface area contributed by atoms with E-state index in [4.69, 9.17) is 4.74 Å². The molecule has 0 N–H and O–H groups in total. The first kappa shape index (κ1) is 20.3. The van der Waals surface area contributed by atoms with Gasteiger partial charge >= 0.3 is 0 Å². The van der Waals surface area contributed by atoms with Gasteiger partial charge in [0.15, 0.2) is 0 Å². The van der Waals surface area contributed by atoms with Crippen molar-refractivity contribution in [3.05, 3.63) is 105 Å². The molecular weight excluding hydrogens is 384 g/mol. The fourth-order valence-electron chi connectivity index (χ4n) is 2.72. The first-order valence-electron chi connectivity index (χ1n) is 8.86. The van der Waals surface area contributed by atoms with E-state index >= 15 is 0 Å². The van der Waals surface area contributed by atoms with E-state index in [1.165, 1.54) is 36.4 Å². The van der Waals surface area contributed by atoms with E-state index in [2.05, 4.69) is 6.07 Å². The molecule has 0 spiro atoms. The summed E-state index contributed by atoms with van der Waals surface area (Å²) in [4.78, 5) is 21.2. The van der Waals surface area contributed by atoms with Gasteiger partial charge in [0.2, 0.25) is 0 Å². The summed E-state index contributed by atoms with van der Waals surface area (Å²) in [5.74, 6) is -0.658. The summed E-state index contributed by atoms with van der Waals surface area (Å²) in [6.07, 6.45) is 1.67. The molecule has 0 unspecified atom stereocenters. The van der Waals surface area contributed by atoms with Gasteiger partial charge in [0.05, 0.1) is 22.5 Å². The first-order chi connectivity index (χ1) is 14.5. The van der Waals surface area contributed by atoms with Gasteiger partial charge in [0.25, 0.3) is 5.69 Å². The lowest BCUT2D eigenvalue weighted by Crippen LogP contribution is -2.22. The molecule has 7 nitrogen and oxygen atoms in total. The fraction of sp³-hybridized carbons (Fsp3) is 0.0435. The molecule has 0 aliphatic heterocycles. The third kappa shape index (κ3) is 5.09. The van der Waals surface area contributed by atoms with Gasteiger partial charge < -0.3 is 14.6 Å². The number of nitrogens with zero attached hydrogens (tertiary/aromatic N) is 2. The van der Waals surface area contributed by atoms with Crippen molar-refractivity contribution in [1.82, 2.24) is 0 Å². The molecule has 3 aromatic rings. The maximum Gasteiger partial charge on any atom is 0.269 e. The van der Waals surface area contributed by atoms with Crippen molar-refractivity contribution < 1.29 is 19.6 Å². The van der Waals surface area contributed by atoms with Crippen LogP contribution in [0.4, 0.5) is 5.69 Å². The van der Waals surface area contributed by atoms with Crippen LogP contribution in [0.1, 0.15) is 27.0 Å². The quantitative estimate of drug-likeness (QED) is 0.259. The Hall–Kier alpha value is -4.44. The van der Waals surface area contributed by atoms with Gasteiger partial charge in [0, 0.05) is 12.1 Å². The molecule has 7 heteroatoms. The summed E-state index contributed by atoms with van der Waals surface area (Å²) in [6, 6.07) is 21.2. The Labute approximate surface area is 172 Å². The number of hydrogen-bond acceptors (Lipinski definition) is 6. The summed E-state index contributed by atoms with van der Waals surface area (Å²) < 4.78 is 5.67. The van der Waals surface area contributed by atoms with Crippen LogP contribution in [-0.2, 0) is 6.61 Å². The monoisotopic (exact) mass is 399 g/mol. The number of hydrogen-bond donors (Lipinski definition) is 0. The van der Waals surface area contributed by atoms with Gasteiger partial charge in [0.1, 0.15) is 12.4 Å². The van der Waals surface area contributed by atoms with Crippen molar-refractivity contribution in [3.8, 4) is 11.8 Å². The van der Waals surface area contributed by atoms with Gasteiger partial charge in [-0.3, -0.25) is 10.1 Å². The molecule has 0 aliphatic rings. The summed E-state index contributed by atoms with van der Waals surface area (Å²) in [5.41, 5.74) is 2.46. The number of non-ortho nitro benzene ring substituents is 1. The number of rotatable bonds is 7. The van der Waals surface area contributed by atoms with Crippen LogP contribution in [0.15, 0.2) is 72.8 Å². The lowest BCUT2D eigenvalue weighted by molar-refractivity contribution is -0.384. The third-order valence-electron chi connectivity index (χ3n) is 4.27. The van der Waals surface area contributed by atoms with Crippen molar-refractivity contribution >= 4 is 23.3 Å². The number of allylic oxidation sites excluding steroid dienone is 1. The molecule has 0 bridgehead atoms. The minimum absolute atomic E-state index is 0.0392. The van der Waals surface area contributed by atoms with Crippen molar-refractivity contribution in [2.75, 3.05) is 0 Å². The topological polar surface area (TPSA) is 116 Å². The highest BCUT2D eigenvalue weighted by atomic mass is 16.6. The molecule has 3 aromatic carbocycles. The second kappa shape index (κ2) is 9.17. The zero-order valence-electron chi connectivity index (χ0n) is 15.6. The number of carbonyl (C=O) groups excluding carboxylic acids is 1. The SMILES string of the molecule is N#C/C(=C\c1ccc(OCc2cccc(C(=O)[O-])c2)cc1)c1ccc([N+](=O)[O-])cc1. The highest BCUT2D eigenvalue weighted by Crippen LogP contribution is 2.22. The largest absolute Gasteiger partial charge is 0.545 e. The smallest absolute Gasteiger partial charge is 0.269 e. The number of carboxylic acids is 1. The molecule has 30 heavy (non-hydrogen) atoms. The van der Waals surface area contributed by atoms with Crippen LogP contribution in [-0.4, -0.2) is 10.9 Å². The van der Waals surface area contributed by atoms with Gasteiger partial charge in [-0.15, -0.1) is 0 Å². The highest BCUT2D eigenvalue weighted by molar-refractivity contribution is 5.89. The predicted octanol–water partition coefficient (Wildman–Crippen LogP) is 3.60. The lowest BCUT2D eigenvalue weighted by atomic mass is 10.0. The maximum absolute atomic E-state index is 10.9. The van der Waals surface area contributed by atoms with Gasteiger partial charge in [-0.25, -0.2) is 0 Å². The molecule has 0 amide bonds. The van der Waals surface area contributed by atoms with Crippen LogP contribution in [0.2, 0.25) is 0 Å². The van der Waals surface area contributed by atoms with E-state index in [0.29, 0.717) is 22.4 Å². The summed E-state index contributed by atoms with van der Waals surface area (Å²) in [7, 11) is 0. The average molecular weight is 399 g/mol. The standard InChI is InChI=1S/C23H16N2O5/c24-14-20(18-6-8-21(9-7-18)25(28)29)12-16-4-10-22(11-5-16)30-15-17-2-1-3-19(13-17)23(26)27/h1-13H,15H2,(H,26,27)/p-1/b20-12+. The molecule has 0 aliphatic carbocycles. The van der Waals surface area contributed by atoms with Crippen LogP contribution >= 0.6 is 0 Å². The Morgan fingerprint density at radius 1 is 1.03 bits per heavy atom. The number of nitro benzene ring substituents is 1. The van der Waals surface area contributed by atoms with Gasteiger partial charge in [-0.1, -0.05) is 30.3 Å². The molecule has 0 fully saturated rings. The van der Waals surface area contributed by atoms with E-state index in [0.717, 1.165) is 5.56 Å². The molecule has 0 atom stereocenters. The first-order valence-corrected chi connectivity index (χ1v) is 8.86. The second-order valence-corrected chi connectivity index (χ2v) is 6.32. The maximum atomic E-state index is 10.9. The van der Waals surface area contributed by atoms with E-state index in [-0.39, 0.29) is 17.9 Å². The fourth-order valence-corrected chi connectivity index (χ4v) is 2.72. The Bertz CT molecular complexity index is 1140. The number of aromatic carboxylic acids is 1.